The van der Waals surface area contributed by atoms with Gasteiger partial charge in [-0.05, 0) is 25.5 Å². The van der Waals surface area contributed by atoms with Gasteiger partial charge in [-0.25, -0.2) is 4.99 Å². The lowest BCUT2D eigenvalue weighted by Gasteiger charge is -2.12. The molecule has 0 radical (unpaired) electrons. The fourth-order valence-corrected chi connectivity index (χ4v) is 1.65. The standard InChI is InChI=1S/C16H23F2N3O2/c1-4-7-22-13-6-5-12(14(8-13)23-15(17)18)10-21-16(19)20-9-11(2)3/h5-6,8,15H,2,4,7,9-10H2,1,3H3,(H3,19,20,21). The molecule has 7 heteroatoms. The predicted molar refractivity (Wildman–Crippen MR) is 87.0 cm³/mol. The zero-order valence-electron chi connectivity index (χ0n) is 13.4. The average Bonchev–Trinajstić information content (AvgIpc) is 2.49. The third kappa shape index (κ3) is 7.49. The zero-order chi connectivity index (χ0) is 17.2. The highest BCUT2D eigenvalue weighted by Gasteiger charge is 2.11. The van der Waals surface area contributed by atoms with Crippen molar-refractivity contribution in [2.24, 2.45) is 10.7 Å². The maximum atomic E-state index is 12.5. The van der Waals surface area contributed by atoms with Crippen LogP contribution in [-0.2, 0) is 6.54 Å². The van der Waals surface area contributed by atoms with Gasteiger partial charge in [0.1, 0.15) is 11.5 Å². The lowest BCUT2D eigenvalue weighted by molar-refractivity contribution is -0.0505. The molecule has 0 spiro atoms. The van der Waals surface area contributed by atoms with E-state index in [1.165, 1.54) is 6.07 Å². The molecule has 0 heterocycles. The second kappa shape index (κ2) is 9.66. The normalized spacial score (nSPS) is 11.4. The van der Waals surface area contributed by atoms with Crippen LogP contribution in [0.5, 0.6) is 11.5 Å². The van der Waals surface area contributed by atoms with E-state index in [9.17, 15) is 8.78 Å². The Kier molecular flexibility index (Phi) is 7.87. The van der Waals surface area contributed by atoms with Gasteiger partial charge in [0, 0.05) is 18.2 Å². The van der Waals surface area contributed by atoms with Gasteiger partial charge in [-0.1, -0.05) is 19.1 Å². The third-order valence-electron chi connectivity index (χ3n) is 2.72. The zero-order valence-corrected chi connectivity index (χ0v) is 13.4. The molecular formula is C16H23F2N3O2. The van der Waals surface area contributed by atoms with Crippen LogP contribution in [0.4, 0.5) is 8.78 Å². The molecule has 1 aromatic rings. The summed E-state index contributed by atoms with van der Waals surface area (Å²) >= 11 is 0. The Labute approximate surface area is 135 Å². The smallest absolute Gasteiger partial charge is 0.387 e. The van der Waals surface area contributed by atoms with E-state index < -0.39 is 6.61 Å². The van der Waals surface area contributed by atoms with Gasteiger partial charge in [-0.3, -0.25) is 0 Å². The number of aliphatic imine (C=N–C) groups is 1. The number of benzene rings is 1. The molecule has 1 aromatic carbocycles. The number of nitrogens with one attached hydrogen (secondary N) is 1. The van der Waals surface area contributed by atoms with Crippen LogP contribution in [0, 0.1) is 0 Å². The van der Waals surface area contributed by atoms with Gasteiger partial charge in [0.2, 0.25) is 0 Å². The minimum absolute atomic E-state index is 0.0325. The van der Waals surface area contributed by atoms with E-state index in [1.807, 2.05) is 13.8 Å². The number of alkyl halides is 2. The number of ether oxygens (including phenoxy) is 2. The van der Waals surface area contributed by atoms with Crippen molar-refractivity contribution in [3.05, 3.63) is 35.9 Å². The van der Waals surface area contributed by atoms with E-state index in [0.717, 1.165) is 12.0 Å². The van der Waals surface area contributed by atoms with Gasteiger partial charge < -0.3 is 20.5 Å². The minimum atomic E-state index is -2.92. The van der Waals surface area contributed by atoms with Crippen LogP contribution < -0.4 is 20.5 Å². The predicted octanol–water partition coefficient (Wildman–Crippen LogP) is 3.06. The van der Waals surface area contributed by atoms with Crippen molar-refractivity contribution < 1.29 is 18.3 Å². The van der Waals surface area contributed by atoms with Crippen LogP contribution in [-0.4, -0.2) is 25.7 Å². The van der Waals surface area contributed by atoms with Gasteiger partial charge >= 0.3 is 6.61 Å². The van der Waals surface area contributed by atoms with Crippen LogP contribution in [0.25, 0.3) is 0 Å². The Bertz CT molecular complexity index is 548. The summed E-state index contributed by atoms with van der Waals surface area (Å²) in [5.41, 5.74) is 7.10. The average molecular weight is 327 g/mol. The maximum Gasteiger partial charge on any atom is 0.387 e. The lowest BCUT2D eigenvalue weighted by Crippen LogP contribution is -2.32. The van der Waals surface area contributed by atoms with Gasteiger partial charge in [0.25, 0.3) is 0 Å². The molecule has 0 atom stereocenters. The van der Waals surface area contributed by atoms with Crippen LogP contribution in [0.3, 0.4) is 0 Å². The molecule has 0 unspecified atom stereocenters. The first kappa shape index (κ1) is 18.7. The maximum absolute atomic E-state index is 12.5. The second-order valence-electron chi connectivity index (χ2n) is 5.01. The molecule has 5 nitrogen and oxygen atoms in total. The topological polar surface area (TPSA) is 68.9 Å². The summed E-state index contributed by atoms with van der Waals surface area (Å²) in [7, 11) is 0. The van der Waals surface area contributed by atoms with E-state index in [-0.39, 0.29) is 18.3 Å². The van der Waals surface area contributed by atoms with E-state index in [4.69, 9.17) is 10.5 Å². The molecule has 0 aromatic heterocycles. The van der Waals surface area contributed by atoms with E-state index in [2.05, 4.69) is 21.6 Å². The SMILES string of the molecule is C=C(C)CNC(N)=NCc1ccc(OCCC)cc1OC(F)F. The van der Waals surface area contributed by atoms with Crippen LogP contribution in [0.15, 0.2) is 35.3 Å². The van der Waals surface area contributed by atoms with Gasteiger partial charge in [-0.15, -0.1) is 0 Å². The molecule has 0 fully saturated rings. The van der Waals surface area contributed by atoms with Crippen LogP contribution in [0.1, 0.15) is 25.8 Å². The minimum Gasteiger partial charge on any atom is -0.493 e. The van der Waals surface area contributed by atoms with Crippen molar-refractivity contribution in [1.82, 2.24) is 5.32 Å². The molecule has 0 aliphatic carbocycles. The Morgan fingerprint density at radius 1 is 1.43 bits per heavy atom. The molecular weight excluding hydrogens is 304 g/mol. The summed E-state index contributed by atoms with van der Waals surface area (Å²) in [6, 6.07) is 4.76. The van der Waals surface area contributed by atoms with Crippen molar-refractivity contribution >= 4 is 5.96 Å². The Balaban J connectivity index is 2.82. The van der Waals surface area contributed by atoms with Gasteiger partial charge in [0.05, 0.1) is 13.2 Å². The molecule has 0 bridgehead atoms. The fourth-order valence-electron chi connectivity index (χ4n) is 1.65. The summed E-state index contributed by atoms with van der Waals surface area (Å²) < 4.78 is 35.0. The van der Waals surface area contributed by atoms with E-state index >= 15 is 0 Å². The van der Waals surface area contributed by atoms with Crippen molar-refractivity contribution in [2.45, 2.75) is 33.4 Å². The van der Waals surface area contributed by atoms with Crippen molar-refractivity contribution in [3.8, 4) is 11.5 Å². The summed E-state index contributed by atoms with van der Waals surface area (Å²) in [6.07, 6.45) is 0.821. The number of hydrogen-bond donors (Lipinski definition) is 2. The number of nitrogens with zero attached hydrogens (tertiary/aromatic N) is 1. The van der Waals surface area contributed by atoms with Crippen molar-refractivity contribution in [2.75, 3.05) is 13.2 Å². The first-order valence-electron chi connectivity index (χ1n) is 7.31. The third-order valence-corrected chi connectivity index (χ3v) is 2.72. The molecule has 0 saturated heterocycles. The summed E-state index contributed by atoms with van der Waals surface area (Å²) in [6.45, 7) is 5.75. The second-order valence-corrected chi connectivity index (χ2v) is 5.01. The quantitative estimate of drug-likeness (QED) is 0.415. The highest BCUT2D eigenvalue weighted by Crippen LogP contribution is 2.27. The number of guanidine groups is 1. The molecule has 0 amide bonds. The molecule has 0 aliphatic heterocycles. The summed E-state index contributed by atoms with van der Waals surface area (Å²) in [4.78, 5) is 4.10. The first-order chi connectivity index (χ1) is 10.9. The molecule has 0 saturated carbocycles. The largest absolute Gasteiger partial charge is 0.493 e. The lowest BCUT2D eigenvalue weighted by atomic mass is 10.2. The highest BCUT2D eigenvalue weighted by molar-refractivity contribution is 5.78. The molecule has 1 rings (SSSR count). The molecule has 0 aliphatic rings. The first-order valence-corrected chi connectivity index (χ1v) is 7.31. The number of hydrogen-bond acceptors (Lipinski definition) is 3. The molecule has 3 N–H and O–H groups in total. The highest BCUT2D eigenvalue weighted by atomic mass is 19.3. The monoisotopic (exact) mass is 327 g/mol. The van der Waals surface area contributed by atoms with Crippen molar-refractivity contribution in [1.29, 1.82) is 0 Å². The fraction of sp³-hybridized carbons (Fsp3) is 0.438. The number of rotatable bonds is 9. The Hall–Kier alpha value is -2.31. The summed E-state index contributed by atoms with van der Waals surface area (Å²) in [5, 5.41) is 2.87. The Morgan fingerprint density at radius 2 is 2.17 bits per heavy atom. The Morgan fingerprint density at radius 3 is 2.78 bits per heavy atom. The molecule has 23 heavy (non-hydrogen) atoms. The van der Waals surface area contributed by atoms with Gasteiger partial charge in [0.15, 0.2) is 5.96 Å². The van der Waals surface area contributed by atoms with Crippen LogP contribution in [0.2, 0.25) is 0 Å². The van der Waals surface area contributed by atoms with Crippen molar-refractivity contribution in [3.63, 3.8) is 0 Å². The van der Waals surface area contributed by atoms with E-state index in [0.29, 0.717) is 24.5 Å². The van der Waals surface area contributed by atoms with Crippen LogP contribution >= 0.6 is 0 Å². The molecule has 128 valence electrons. The number of halogens is 2. The number of nitrogens with two attached hydrogens (primary N) is 1. The van der Waals surface area contributed by atoms with E-state index in [1.54, 1.807) is 12.1 Å². The summed E-state index contributed by atoms with van der Waals surface area (Å²) in [5.74, 6) is 0.718. The van der Waals surface area contributed by atoms with Gasteiger partial charge in [-0.2, -0.15) is 8.78 Å².